The maximum absolute atomic E-state index is 13.0. The minimum absolute atomic E-state index is 0.391. The van der Waals surface area contributed by atoms with Crippen LogP contribution >= 0.6 is 11.8 Å². The second-order valence-corrected chi connectivity index (χ2v) is 5.32. The number of hydrogen-bond acceptors (Lipinski definition) is 3. The molecule has 0 spiro atoms. The van der Waals surface area contributed by atoms with Gasteiger partial charge in [0.15, 0.2) is 0 Å². The Morgan fingerprint density at radius 1 is 1.47 bits per heavy atom. The highest BCUT2D eigenvalue weighted by molar-refractivity contribution is 7.99. The van der Waals surface area contributed by atoms with E-state index in [1.54, 1.807) is 6.07 Å². The van der Waals surface area contributed by atoms with Gasteiger partial charge in [-0.1, -0.05) is 13.0 Å². The van der Waals surface area contributed by atoms with Gasteiger partial charge in [-0.2, -0.15) is 16.2 Å². The summed E-state index contributed by atoms with van der Waals surface area (Å²) in [7, 11) is 0. The van der Waals surface area contributed by atoms with E-state index in [0.29, 0.717) is 5.25 Å². The van der Waals surface area contributed by atoms with Gasteiger partial charge in [-0.15, -0.1) is 0 Å². The lowest BCUT2D eigenvalue weighted by Crippen LogP contribution is -2.26. The van der Waals surface area contributed by atoms with Crippen molar-refractivity contribution in [1.82, 2.24) is 4.98 Å². The summed E-state index contributed by atoms with van der Waals surface area (Å²) < 4.78 is 13.0. The normalized spacial score (nSPS) is 22.5. The molecule has 0 amide bonds. The summed E-state index contributed by atoms with van der Waals surface area (Å²) >= 11 is 1.98. The van der Waals surface area contributed by atoms with Crippen molar-refractivity contribution in [3.8, 4) is 0 Å². The molecule has 0 aromatic carbocycles. The van der Waals surface area contributed by atoms with Crippen LogP contribution in [0.1, 0.15) is 13.3 Å². The van der Waals surface area contributed by atoms with Crippen molar-refractivity contribution < 1.29 is 4.39 Å². The average molecular weight is 226 g/mol. The molecular formula is C11H15FN2S. The van der Waals surface area contributed by atoms with Gasteiger partial charge in [0, 0.05) is 24.1 Å². The number of pyridine rings is 1. The molecule has 2 heterocycles. The Morgan fingerprint density at radius 2 is 2.33 bits per heavy atom. The molecule has 82 valence electrons. The van der Waals surface area contributed by atoms with Crippen molar-refractivity contribution in [2.75, 3.05) is 23.7 Å². The number of anilines is 1. The topological polar surface area (TPSA) is 16.1 Å². The molecule has 0 saturated carbocycles. The minimum Gasteiger partial charge on any atom is -0.356 e. The number of rotatable bonds is 1. The van der Waals surface area contributed by atoms with Crippen LogP contribution < -0.4 is 4.90 Å². The van der Waals surface area contributed by atoms with Crippen molar-refractivity contribution in [3.05, 3.63) is 24.1 Å². The van der Waals surface area contributed by atoms with Crippen LogP contribution in [0.15, 0.2) is 18.2 Å². The third-order valence-electron chi connectivity index (χ3n) is 2.59. The van der Waals surface area contributed by atoms with Gasteiger partial charge in [-0.3, -0.25) is 0 Å². The summed E-state index contributed by atoms with van der Waals surface area (Å²) in [5.74, 6) is 1.47. The Hall–Kier alpha value is -0.770. The quantitative estimate of drug-likeness (QED) is 0.685. The number of halogens is 1. The molecule has 2 rings (SSSR count). The van der Waals surface area contributed by atoms with Crippen LogP contribution in [0, 0.1) is 5.95 Å². The monoisotopic (exact) mass is 226 g/mol. The van der Waals surface area contributed by atoms with Crippen LogP contribution in [-0.4, -0.2) is 29.1 Å². The Labute approximate surface area is 93.9 Å². The van der Waals surface area contributed by atoms with Gasteiger partial charge in [0.05, 0.1) is 0 Å². The number of hydrogen-bond donors (Lipinski definition) is 0. The van der Waals surface area contributed by atoms with E-state index in [9.17, 15) is 4.39 Å². The molecule has 1 unspecified atom stereocenters. The summed E-state index contributed by atoms with van der Waals surface area (Å²) in [5, 5.41) is 0.698. The lowest BCUT2D eigenvalue weighted by atomic mass is 10.3. The van der Waals surface area contributed by atoms with Gasteiger partial charge in [0.1, 0.15) is 5.82 Å². The highest BCUT2D eigenvalue weighted by Gasteiger charge is 2.15. The zero-order chi connectivity index (χ0) is 10.7. The average Bonchev–Trinajstić information content (AvgIpc) is 2.43. The van der Waals surface area contributed by atoms with E-state index in [1.807, 2.05) is 17.8 Å². The molecule has 0 bridgehead atoms. The Bertz CT molecular complexity index is 332. The van der Waals surface area contributed by atoms with E-state index in [4.69, 9.17) is 0 Å². The van der Waals surface area contributed by atoms with Crippen LogP contribution in [0.2, 0.25) is 0 Å². The van der Waals surface area contributed by atoms with Crippen LogP contribution in [0.3, 0.4) is 0 Å². The third-order valence-corrected chi connectivity index (χ3v) is 3.82. The minimum atomic E-state index is -0.391. The summed E-state index contributed by atoms with van der Waals surface area (Å²) in [6.07, 6.45) is 1.14. The second kappa shape index (κ2) is 4.84. The van der Waals surface area contributed by atoms with Crippen molar-refractivity contribution in [2.45, 2.75) is 18.6 Å². The Balaban J connectivity index is 2.09. The second-order valence-electron chi connectivity index (χ2n) is 3.78. The van der Waals surface area contributed by atoms with E-state index in [2.05, 4.69) is 16.8 Å². The molecule has 0 radical (unpaired) electrons. The highest BCUT2D eigenvalue weighted by Crippen LogP contribution is 2.21. The van der Waals surface area contributed by atoms with Crippen molar-refractivity contribution in [2.24, 2.45) is 0 Å². The van der Waals surface area contributed by atoms with E-state index in [-0.39, 0.29) is 0 Å². The molecule has 1 atom stereocenters. The molecule has 0 N–H and O–H groups in total. The molecule has 1 aliphatic heterocycles. The molecule has 15 heavy (non-hydrogen) atoms. The lowest BCUT2D eigenvalue weighted by Gasteiger charge is -2.20. The zero-order valence-electron chi connectivity index (χ0n) is 8.82. The summed E-state index contributed by atoms with van der Waals surface area (Å²) in [6, 6.07) is 4.99. The first-order chi connectivity index (χ1) is 7.25. The fourth-order valence-corrected chi connectivity index (χ4v) is 2.70. The van der Waals surface area contributed by atoms with E-state index in [0.717, 1.165) is 31.1 Å². The van der Waals surface area contributed by atoms with E-state index >= 15 is 0 Å². The summed E-state index contributed by atoms with van der Waals surface area (Å²) in [5.41, 5.74) is 0. The van der Waals surface area contributed by atoms with Gasteiger partial charge in [0.2, 0.25) is 5.95 Å². The first-order valence-electron chi connectivity index (χ1n) is 5.25. The highest BCUT2D eigenvalue weighted by atomic mass is 32.2. The molecular weight excluding hydrogens is 211 g/mol. The van der Waals surface area contributed by atoms with Crippen LogP contribution in [0.25, 0.3) is 0 Å². The zero-order valence-corrected chi connectivity index (χ0v) is 9.63. The molecule has 0 aliphatic carbocycles. The van der Waals surface area contributed by atoms with E-state index < -0.39 is 5.95 Å². The van der Waals surface area contributed by atoms with Gasteiger partial charge in [-0.25, -0.2) is 4.98 Å². The molecule has 1 aromatic rings. The van der Waals surface area contributed by atoms with Gasteiger partial charge in [0.25, 0.3) is 0 Å². The molecule has 1 saturated heterocycles. The van der Waals surface area contributed by atoms with Gasteiger partial charge < -0.3 is 4.90 Å². The summed E-state index contributed by atoms with van der Waals surface area (Å²) in [4.78, 5) is 6.08. The first kappa shape index (κ1) is 10.7. The SMILES string of the molecule is CC1CCN(c2cccc(F)n2)CCS1. The fourth-order valence-electron chi connectivity index (χ4n) is 1.70. The van der Waals surface area contributed by atoms with Crippen molar-refractivity contribution in [1.29, 1.82) is 0 Å². The number of nitrogens with zero attached hydrogens (tertiary/aromatic N) is 2. The maximum atomic E-state index is 13.0. The van der Waals surface area contributed by atoms with Crippen LogP contribution in [0.5, 0.6) is 0 Å². The molecule has 1 aliphatic rings. The fraction of sp³-hybridized carbons (Fsp3) is 0.545. The molecule has 1 aromatic heterocycles. The predicted molar refractivity (Wildman–Crippen MR) is 62.9 cm³/mol. The van der Waals surface area contributed by atoms with Crippen molar-refractivity contribution >= 4 is 17.6 Å². The largest absolute Gasteiger partial charge is 0.356 e. The third kappa shape index (κ3) is 2.84. The lowest BCUT2D eigenvalue weighted by molar-refractivity contribution is 0.580. The molecule has 1 fully saturated rings. The van der Waals surface area contributed by atoms with Crippen LogP contribution in [-0.2, 0) is 0 Å². The maximum Gasteiger partial charge on any atom is 0.214 e. The Kier molecular flexibility index (Phi) is 3.46. The van der Waals surface area contributed by atoms with Gasteiger partial charge >= 0.3 is 0 Å². The van der Waals surface area contributed by atoms with E-state index in [1.165, 1.54) is 6.07 Å². The molecule has 4 heteroatoms. The first-order valence-corrected chi connectivity index (χ1v) is 6.30. The van der Waals surface area contributed by atoms with Crippen molar-refractivity contribution in [3.63, 3.8) is 0 Å². The Morgan fingerprint density at radius 3 is 3.13 bits per heavy atom. The number of thioether (sulfide) groups is 1. The van der Waals surface area contributed by atoms with Crippen LogP contribution in [0.4, 0.5) is 10.2 Å². The van der Waals surface area contributed by atoms with Gasteiger partial charge in [-0.05, 0) is 18.6 Å². The standard InChI is InChI=1S/C11H15FN2S/c1-9-5-6-14(7-8-15-9)11-4-2-3-10(12)13-11/h2-4,9H,5-8H2,1H3. The summed E-state index contributed by atoms with van der Waals surface area (Å²) in [6.45, 7) is 4.18. The molecule has 2 nitrogen and oxygen atoms in total. The predicted octanol–water partition coefficient (Wildman–Crippen LogP) is 2.55. The number of aromatic nitrogens is 1. The smallest absolute Gasteiger partial charge is 0.214 e.